The molecule has 0 aliphatic heterocycles. The van der Waals surface area contributed by atoms with Crippen LogP contribution in [-0.4, -0.2) is 42.8 Å². The first-order valence-electron chi connectivity index (χ1n) is 9.29. The van der Waals surface area contributed by atoms with E-state index in [4.69, 9.17) is 9.47 Å². The van der Waals surface area contributed by atoms with Gasteiger partial charge >= 0.3 is 0 Å². The molecule has 0 aliphatic carbocycles. The highest BCUT2D eigenvalue weighted by molar-refractivity contribution is 6.06. The third kappa shape index (κ3) is 7.55. The average molecular weight is 383 g/mol. The van der Waals surface area contributed by atoms with Gasteiger partial charge in [-0.3, -0.25) is 4.79 Å². The van der Waals surface area contributed by atoms with E-state index in [1.807, 2.05) is 45.0 Å². The van der Waals surface area contributed by atoms with Gasteiger partial charge in [-0.05, 0) is 68.8 Å². The number of nitrogens with one attached hydrogen (secondary N) is 1. The largest absolute Gasteiger partial charge is 0.497 e. The molecule has 0 heterocycles. The molecule has 0 aromatic heterocycles. The normalized spacial score (nSPS) is 12.8. The number of allylic oxidation sites excluding steroid dienone is 1. The van der Waals surface area contributed by atoms with Crippen molar-refractivity contribution in [2.45, 2.75) is 32.4 Å². The smallest absolute Gasteiger partial charge is 0.185 e. The van der Waals surface area contributed by atoms with Crippen LogP contribution in [0.5, 0.6) is 11.5 Å². The number of ether oxygens (including phenoxy) is 2. The van der Waals surface area contributed by atoms with Gasteiger partial charge in [-0.25, -0.2) is 0 Å². The lowest BCUT2D eigenvalue weighted by atomic mass is 10.1. The second kappa shape index (κ2) is 10.1. The van der Waals surface area contributed by atoms with E-state index >= 15 is 0 Å². The van der Waals surface area contributed by atoms with E-state index in [1.165, 1.54) is 0 Å². The highest BCUT2D eigenvalue weighted by Crippen LogP contribution is 2.15. The topological polar surface area (TPSA) is 67.8 Å². The molecular formula is C23H29NO4. The highest BCUT2D eigenvalue weighted by atomic mass is 16.5. The maximum absolute atomic E-state index is 12.3. The number of carbonyl (C=O) groups is 1. The number of carbonyl (C=O) groups excluding carboxylic acids is 1. The van der Waals surface area contributed by atoms with Crippen LogP contribution in [0.3, 0.4) is 0 Å². The summed E-state index contributed by atoms with van der Waals surface area (Å²) in [7, 11) is 1.62. The monoisotopic (exact) mass is 383 g/mol. The first-order valence-corrected chi connectivity index (χ1v) is 9.29. The van der Waals surface area contributed by atoms with Crippen LogP contribution in [0.15, 0.2) is 54.6 Å². The van der Waals surface area contributed by atoms with Gasteiger partial charge in [0.25, 0.3) is 0 Å². The van der Waals surface area contributed by atoms with Gasteiger partial charge < -0.3 is 19.9 Å². The van der Waals surface area contributed by atoms with E-state index in [0.717, 1.165) is 11.3 Å². The van der Waals surface area contributed by atoms with Crippen LogP contribution in [0.2, 0.25) is 0 Å². The first kappa shape index (κ1) is 21.7. The second-order valence-corrected chi connectivity index (χ2v) is 7.59. The Balaban J connectivity index is 1.85. The summed E-state index contributed by atoms with van der Waals surface area (Å²) in [5.41, 5.74) is 1.45. The van der Waals surface area contributed by atoms with E-state index in [1.54, 1.807) is 43.5 Å². The number of aliphatic hydroxyl groups is 1. The molecule has 150 valence electrons. The number of hydrogen-bond acceptors (Lipinski definition) is 5. The summed E-state index contributed by atoms with van der Waals surface area (Å²) < 4.78 is 10.7. The van der Waals surface area contributed by atoms with Gasteiger partial charge in [0.05, 0.1) is 7.11 Å². The Kier molecular flexibility index (Phi) is 7.79. The summed E-state index contributed by atoms with van der Waals surface area (Å²) in [6, 6.07) is 14.4. The van der Waals surface area contributed by atoms with Crippen molar-refractivity contribution in [2.24, 2.45) is 0 Å². The van der Waals surface area contributed by atoms with Gasteiger partial charge in [-0.2, -0.15) is 0 Å². The molecule has 0 radical (unpaired) electrons. The molecule has 0 saturated heterocycles. The summed E-state index contributed by atoms with van der Waals surface area (Å²) >= 11 is 0. The lowest BCUT2D eigenvalue weighted by molar-refractivity contribution is 0.0999. The van der Waals surface area contributed by atoms with E-state index in [-0.39, 0.29) is 17.9 Å². The molecule has 5 heteroatoms. The van der Waals surface area contributed by atoms with Crippen LogP contribution in [-0.2, 0) is 0 Å². The van der Waals surface area contributed by atoms with Crippen LogP contribution in [0, 0.1) is 0 Å². The van der Waals surface area contributed by atoms with Crippen molar-refractivity contribution >= 4 is 11.9 Å². The molecule has 5 nitrogen and oxygen atoms in total. The number of aliphatic hydroxyl groups excluding tert-OH is 1. The average Bonchev–Trinajstić information content (AvgIpc) is 2.69. The molecule has 0 spiro atoms. The summed E-state index contributed by atoms with van der Waals surface area (Å²) in [4.78, 5) is 12.3. The van der Waals surface area contributed by atoms with Crippen LogP contribution < -0.4 is 14.8 Å². The SMILES string of the molecule is COc1ccc(C=CC(=O)c2ccc(OCC(O)CNC(C)(C)C)cc2)cc1. The molecular weight excluding hydrogens is 354 g/mol. The van der Waals surface area contributed by atoms with Gasteiger partial charge in [0.2, 0.25) is 0 Å². The molecule has 0 aliphatic rings. The van der Waals surface area contributed by atoms with E-state index < -0.39 is 6.10 Å². The van der Waals surface area contributed by atoms with Crippen LogP contribution in [0.4, 0.5) is 0 Å². The molecule has 1 atom stereocenters. The summed E-state index contributed by atoms with van der Waals surface area (Å²) in [5, 5.41) is 13.2. The summed E-state index contributed by atoms with van der Waals surface area (Å²) in [6.45, 7) is 6.77. The minimum Gasteiger partial charge on any atom is -0.497 e. The third-order valence-electron chi connectivity index (χ3n) is 3.99. The van der Waals surface area contributed by atoms with Gasteiger partial charge in [0.15, 0.2) is 5.78 Å². The van der Waals surface area contributed by atoms with E-state index in [9.17, 15) is 9.90 Å². The molecule has 2 aromatic rings. The maximum Gasteiger partial charge on any atom is 0.185 e. The number of methoxy groups -OCH3 is 1. The Morgan fingerprint density at radius 3 is 2.25 bits per heavy atom. The summed E-state index contributed by atoms with van der Waals surface area (Å²) in [6.07, 6.45) is 2.71. The fourth-order valence-corrected chi connectivity index (χ4v) is 2.37. The zero-order valence-electron chi connectivity index (χ0n) is 16.9. The van der Waals surface area contributed by atoms with Crippen molar-refractivity contribution < 1.29 is 19.4 Å². The van der Waals surface area contributed by atoms with Crippen LogP contribution in [0.1, 0.15) is 36.7 Å². The Labute approximate surface area is 167 Å². The van der Waals surface area contributed by atoms with Gasteiger partial charge in [-0.1, -0.05) is 18.2 Å². The fourth-order valence-electron chi connectivity index (χ4n) is 2.37. The quantitative estimate of drug-likeness (QED) is 0.510. The van der Waals surface area contributed by atoms with Crippen LogP contribution >= 0.6 is 0 Å². The number of rotatable bonds is 9. The predicted octanol–water partition coefficient (Wildman–Crippen LogP) is 3.72. The van der Waals surface area contributed by atoms with Crippen LogP contribution in [0.25, 0.3) is 6.08 Å². The van der Waals surface area contributed by atoms with Crippen molar-refractivity contribution in [3.8, 4) is 11.5 Å². The van der Waals surface area contributed by atoms with Crippen molar-refractivity contribution in [3.05, 3.63) is 65.7 Å². The van der Waals surface area contributed by atoms with Crippen molar-refractivity contribution in [3.63, 3.8) is 0 Å². The molecule has 0 bridgehead atoms. The Morgan fingerprint density at radius 1 is 1.07 bits per heavy atom. The number of benzene rings is 2. The molecule has 0 saturated carbocycles. The molecule has 1 unspecified atom stereocenters. The zero-order valence-corrected chi connectivity index (χ0v) is 16.9. The summed E-state index contributed by atoms with van der Waals surface area (Å²) in [5.74, 6) is 1.31. The van der Waals surface area contributed by atoms with Gasteiger partial charge in [0, 0.05) is 17.6 Å². The van der Waals surface area contributed by atoms with Gasteiger partial charge in [0.1, 0.15) is 24.2 Å². The van der Waals surface area contributed by atoms with Gasteiger partial charge in [-0.15, -0.1) is 0 Å². The first-order chi connectivity index (χ1) is 13.3. The Morgan fingerprint density at radius 2 is 1.68 bits per heavy atom. The van der Waals surface area contributed by atoms with Crippen molar-refractivity contribution in [1.82, 2.24) is 5.32 Å². The molecule has 2 rings (SSSR count). The number of β-amino-alcohol motifs (C(OH)–C–C–N with tert-alkyl or cyclic N) is 1. The second-order valence-electron chi connectivity index (χ2n) is 7.59. The standard InChI is InChI=1S/C23H29NO4/c1-23(2,3)24-15-19(25)16-28-21-12-8-18(9-13-21)22(26)14-7-17-5-10-20(27-4)11-6-17/h5-14,19,24-25H,15-16H2,1-4H3. The fraction of sp³-hybridized carbons (Fsp3) is 0.348. The van der Waals surface area contributed by atoms with E-state index in [2.05, 4.69) is 5.32 Å². The molecule has 2 N–H and O–H groups in total. The number of hydrogen-bond donors (Lipinski definition) is 2. The van der Waals surface area contributed by atoms with Crippen molar-refractivity contribution in [2.75, 3.05) is 20.3 Å². The minimum absolute atomic E-state index is 0.0532. The molecule has 2 aromatic carbocycles. The predicted molar refractivity (Wildman–Crippen MR) is 112 cm³/mol. The Bertz CT molecular complexity index is 774. The minimum atomic E-state index is -0.604. The molecule has 28 heavy (non-hydrogen) atoms. The lowest BCUT2D eigenvalue weighted by Gasteiger charge is -2.22. The van der Waals surface area contributed by atoms with E-state index in [0.29, 0.717) is 17.9 Å². The Hall–Kier alpha value is -2.63. The molecule has 0 amide bonds. The lowest BCUT2D eigenvalue weighted by Crippen LogP contribution is -2.42. The number of ketones is 1. The maximum atomic E-state index is 12.3. The highest BCUT2D eigenvalue weighted by Gasteiger charge is 2.12. The third-order valence-corrected chi connectivity index (χ3v) is 3.99. The zero-order chi connectivity index (χ0) is 20.6. The molecule has 0 fully saturated rings. The van der Waals surface area contributed by atoms with Crippen molar-refractivity contribution in [1.29, 1.82) is 0 Å².